The quantitative estimate of drug-likeness (QED) is 0.741. The molecule has 1 aliphatic heterocycles. The minimum Gasteiger partial charge on any atom is -0.386 e. The van der Waals surface area contributed by atoms with Crippen LogP contribution in [0.4, 0.5) is 13.2 Å². The molecule has 0 aliphatic carbocycles. The molecule has 6 nitrogen and oxygen atoms in total. The van der Waals surface area contributed by atoms with Crippen molar-refractivity contribution in [1.82, 2.24) is 14.9 Å². The molecular weight excluding hydrogens is 399 g/mol. The molecule has 30 heavy (non-hydrogen) atoms. The molecular formula is C21H24F3N3O3. The van der Waals surface area contributed by atoms with Crippen LogP contribution in [-0.4, -0.2) is 52.2 Å². The van der Waals surface area contributed by atoms with Gasteiger partial charge >= 0.3 is 6.18 Å². The number of pyridine rings is 2. The van der Waals surface area contributed by atoms with Crippen molar-refractivity contribution in [1.29, 1.82) is 0 Å². The zero-order valence-corrected chi connectivity index (χ0v) is 16.4. The van der Waals surface area contributed by atoms with Gasteiger partial charge in [0.05, 0.1) is 19.1 Å². The summed E-state index contributed by atoms with van der Waals surface area (Å²) in [5.41, 5.74) is -0.0101. The monoisotopic (exact) mass is 423 g/mol. The molecule has 162 valence electrons. The van der Waals surface area contributed by atoms with E-state index < -0.39 is 18.0 Å². The predicted molar refractivity (Wildman–Crippen MR) is 102 cm³/mol. The van der Waals surface area contributed by atoms with Crippen LogP contribution in [-0.2, 0) is 22.1 Å². The highest BCUT2D eigenvalue weighted by Crippen LogP contribution is 2.27. The number of aliphatic hydroxyl groups excluding tert-OH is 1. The van der Waals surface area contributed by atoms with E-state index in [2.05, 4.69) is 9.97 Å². The van der Waals surface area contributed by atoms with Gasteiger partial charge in [-0.3, -0.25) is 14.8 Å². The first-order valence-corrected chi connectivity index (χ1v) is 9.78. The van der Waals surface area contributed by atoms with E-state index in [-0.39, 0.29) is 24.8 Å². The van der Waals surface area contributed by atoms with E-state index >= 15 is 0 Å². The third kappa shape index (κ3) is 6.24. The van der Waals surface area contributed by atoms with Crippen molar-refractivity contribution in [2.24, 2.45) is 5.92 Å². The summed E-state index contributed by atoms with van der Waals surface area (Å²) in [6.07, 6.45) is 0.321. The third-order valence-electron chi connectivity index (χ3n) is 5.11. The van der Waals surface area contributed by atoms with Gasteiger partial charge in [0, 0.05) is 43.9 Å². The molecule has 1 atom stereocenters. The van der Waals surface area contributed by atoms with Crippen molar-refractivity contribution in [3.8, 4) is 0 Å². The first-order valence-electron chi connectivity index (χ1n) is 9.78. The van der Waals surface area contributed by atoms with Crippen LogP contribution in [0.2, 0.25) is 0 Å². The number of amides is 1. The summed E-state index contributed by atoms with van der Waals surface area (Å²) >= 11 is 0. The summed E-state index contributed by atoms with van der Waals surface area (Å²) in [5, 5.41) is 10.6. The third-order valence-corrected chi connectivity index (χ3v) is 5.11. The summed E-state index contributed by atoms with van der Waals surface area (Å²) in [5.74, 6) is -0.0273. The molecule has 3 rings (SSSR count). The minimum atomic E-state index is -4.52. The van der Waals surface area contributed by atoms with Crippen molar-refractivity contribution >= 4 is 5.91 Å². The molecule has 0 spiro atoms. The van der Waals surface area contributed by atoms with Crippen LogP contribution in [0.15, 0.2) is 42.9 Å². The molecule has 1 amide bonds. The van der Waals surface area contributed by atoms with E-state index in [0.717, 1.165) is 25.1 Å². The number of alkyl halides is 3. The summed E-state index contributed by atoms with van der Waals surface area (Å²) in [6.45, 7) is 1.78. The van der Waals surface area contributed by atoms with Gasteiger partial charge in [-0.2, -0.15) is 13.2 Å². The van der Waals surface area contributed by atoms with Crippen molar-refractivity contribution in [2.45, 2.75) is 31.5 Å². The second kappa shape index (κ2) is 9.99. The predicted octanol–water partition coefficient (Wildman–Crippen LogP) is 3.03. The SMILES string of the molecule is O=C(Cc1ccc(C(F)(F)F)nc1)N(CC1CCOCC1)C[C@@H](O)c1cccnc1. The summed E-state index contributed by atoms with van der Waals surface area (Å²) in [4.78, 5) is 21.9. The van der Waals surface area contributed by atoms with Gasteiger partial charge in [-0.25, -0.2) is 0 Å². The number of hydrogen-bond donors (Lipinski definition) is 1. The van der Waals surface area contributed by atoms with Gasteiger partial charge in [0.1, 0.15) is 5.69 Å². The molecule has 1 N–H and O–H groups in total. The number of rotatable bonds is 7. The smallest absolute Gasteiger partial charge is 0.386 e. The summed E-state index contributed by atoms with van der Waals surface area (Å²) in [7, 11) is 0. The van der Waals surface area contributed by atoms with Crippen LogP contribution in [0.5, 0.6) is 0 Å². The molecule has 1 aliphatic rings. The number of aliphatic hydroxyl groups is 1. The largest absolute Gasteiger partial charge is 0.433 e. The van der Waals surface area contributed by atoms with Crippen molar-refractivity contribution < 1.29 is 27.8 Å². The van der Waals surface area contributed by atoms with E-state index in [0.29, 0.717) is 30.9 Å². The molecule has 0 bridgehead atoms. The first kappa shape index (κ1) is 22.2. The normalized spacial score (nSPS) is 16.3. The summed E-state index contributed by atoms with van der Waals surface area (Å²) < 4.78 is 43.4. The van der Waals surface area contributed by atoms with Crippen LogP contribution in [0, 0.1) is 5.92 Å². The van der Waals surface area contributed by atoms with Gasteiger partial charge in [-0.05, 0) is 36.5 Å². The fourth-order valence-corrected chi connectivity index (χ4v) is 3.39. The second-order valence-electron chi connectivity index (χ2n) is 7.38. The highest BCUT2D eigenvalue weighted by molar-refractivity contribution is 5.78. The van der Waals surface area contributed by atoms with E-state index in [4.69, 9.17) is 4.74 Å². The first-order chi connectivity index (χ1) is 14.3. The van der Waals surface area contributed by atoms with Gasteiger partial charge in [0.15, 0.2) is 0 Å². The van der Waals surface area contributed by atoms with Crippen molar-refractivity contribution in [2.75, 3.05) is 26.3 Å². The Kier molecular flexibility index (Phi) is 7.38. The Morgan fingerprint density at radius 3 is 2.60 bits per heavy atom. The van der Waals surface area contributed by atoms with Gasteiger partial charge in [-0.15, -0.1) is 0 Å². The molecule has 3 heterocycles. The highest BCUT2D eigenvalue weighted by Gasteiger charge is 2.32. The standard InChI is InChI=1S/C21H24F3N3O3/c22-21(23,24)19-4-3-16(11-26-19)10-20(29)27(13-15-5-8-30-9-6-15)14-18(28)17-2-1-7-25-12-17/h1-4,7,11-12,15,18,28H,5-6,8-10,13-14H2/t18-/m1/s1. The Labute approximate surface area is 172 Å². The Hall–Kier alpha value is -2.52. The lowest BCUT2D eigenvalue weighted by atomic mass is 9.98. The van der Waals surface area contributed by atoms with E-state index in [9.17, 15) is 23.1 Å². The average Bonchev–Trinajstić information content (AvgIpc) is 2.74. The maximum Gasteiger partial charge on any atom is 0.433 e. The molecule has 0 aromatic carbocycles. The molecule has 9 heteroatoms. The Morgan fingerprint density at radius 2 is 2.00 bits per heavy atom. The maximum absolute atomic E-state index is 13.0. The van der Waals surface area contributed by atoms with E-state index in [1.807, 2.05) is 0 Å². The fraction of sp³-hybridized carbons (Fsp3) is 0.476. The number of ether oxygens (including phenoxy) is 1. The maximum atomic E-state index is 13.0. The van der Waals surface area contributed by atoms with Gasteiger partial charge < -0.3 is 14.7 Å². The molecule has 1 saturated heterocycles. The fourth-order valence-electron chi connectivity index (χ4n) is 3.39. The zero-order valence-electron chi connectivity index (χ0n) is 16.4. The number of carbonyl (C=O) groups is 1. The van der Waals surface area contributed by atoms with Crippen LogP contribution in [0.25, 0.3) is 0 Å². The lowest BCUT2D eigenvalue weighted by Gasteiger charge is -2.31. The Balaban J connectivity index is 1.70. The molecule has 0 unspecified atom stereocenters. The van der Waals surface area contributed by atoms with Crippen LogP contribution >= 0.6 is 0 Å². The van der Waals surface area contributed by atoms with Crippen molar-refractivity contribution in [3.05, 3.63) is 59.7 Å². The van der Waals surface area contributed by atoms with Gasteiger partial charge in [0.2, 0.25) is 5.91 Å². The van der Waals surface area contributed by atoms with E-state index in [1.54, 1.807) is 29.4 Å². The topological polar surface area (TPSA) is 75.6 Å². The second-order valence-corrected chi connectivity index (χ2v) is 7.38. The summed E-state index contributed by atoms with van der Waals surface area (Å²) in [6, 6.07) is 5.57. The zero-order chi connectivity index (χ0) is 21.6. The lowest BCUT2D eigenvalue weighted by molar-refractivity contribution is -0.141. The van der Waals surface area contributed by atoms with Gasteiger partial charge in [-0.1, -0.05) is 12.1 Å². The van der Waals surface area contributed by atoms with Crippen LogP contribution in [0.1, 0.15) is 35.8 Å². The molecule has 1 fully saturated rings. The minimum absolute atomic E-state index is 0.0793. The molecule has 0 saturated carbocycles. The number of aromatic nitrogens is 2. The number of hydrogen-bond acceptors (Lipinski definition) is 5. The van der Waals surface area contributed by atoms with Crippen molar-refractivity contribution in [3.63, 3.8) is 0 Å². The van der Waals surface area contributed by atoms with E-state index in [1.165, 1.54) is 6.07 Å². The molecule has 2 aromatic heterocycles. The van der Waals surface area contributed by atoms with Gasteiger partial charge in [0.25, 0.3) is 0 Å². The highest BCUT2D eigenvalue weighted by atomic mass is 19.4. The lowest BCUT2D eigenvalue weighted by Crippen LogP contribution is -2.40. The number of carbonyl (C=O) groups excluding carboxylic acids is 1. The molecule has 2 aromatic rings. The van der Waals surface area contributed by atoms with Crippen LogP contribution in [0.3, 0.4) is 0 Å². The Morgan fingerprint density at radius 1 is 1.23 bits per heavy atom. The Bertz CT molecular complexity index is 810. The average molecular weight is 423 g/mol. The number of halogens is 3. The van der Waals surface area contributed by atoms with Crippen LogP contribution < -0.4 is 0 Å². The number of nitrogens with zero attached hydrogens (tertiary/aromatic N) is 3. The molecule has 0 radical (unpaired) electrons.